The summed E-state index contributed by atoms with van der Waals surface area (Å²) in [6.07, 6.45) is -4.91. The summed E-state index contributed by atoms with van der Waals surface area (Å²) in [6.45, 7) is 5.15. The molecular formula is C12H15F3. The zero-order valence-electron chi connectivity index (χ0n) is 9.15. The lowest BCUT2D eigenvalue weighted by molar-refractivity contribution is -0.145. The van der Waals surface area contributed by atoms with E-state index in [1.807, 2.05) is 19.1 Å². The summed E-state index contributed by atoms with van der Waals surface area (Å²) in [6, 6.07) is 7.21. The van der Waals surface area contributed by atoms with Gasteiger partial charge >= 0.3 is 6.18 Å². The van der Waals surface area contributed by atoms with Gasteiger partial charge in [-0.2, -0.15) is 13.2 Å². The first-order valence-electron chi connectivity index (χ1n) is 4.85. The molecule has 1 aromatic carbocycles. The van der Waals surface area contributed by atoms with E-state index >= 15 is 0 Å². The zero-order valence-corrected chi connectivity index (χ0v) is 9.15. The molecule has 3 heteroatoms. The molecule has 0 aliphatic carbocycles. The Labute approximate surface area is 88.1 Å². The summed E-state index contributed by atoms with van der Waals surface area (Å²) < 4.78 is 36.9. The van der Waals surface area contributed by atoms with Crippen LogP contribution in [0, 0.1) is 6.92 Å². The fraction of sp³-hybridized carbons (Fsp3) is 0.500. The summed E-state index contributed by atoms with van der Waals surface area (Å²) in [7, 11) is 0. The van der Waals surface area contributed by atoms with Crippen molar-refractivity contribution in [3.05, 3.63) is 35.4 Å². The van der Waals surface area contributed by atoms with Gasteiger partial charge in [0.25, 0.3) is 0 Å². The van der Waals surface area contributed by atoms with Crippen molar-refractivity contribution in [1.29, 1.82) is 0 Å². The van der Waals surface area contributed by atoms with Crippen LogP contribution in [-0.4, -0.2) is 6.18 Å². The largest absolute Gasteiger partial charge is 0.389 e. The molecule has 0 nitrogen and oxygen atoms in total. The molecule has 0 N–H and O–H groups in total. The van der Waals surface area contributed by atoms with Crippen LogP contribution in [0.5, 0.6) is 0 Å². The number of rotatable bonds is 2. The van der Waals surface area contributed by atoms with E-state index in [9.17, 15) is 13.2 Å². The maximum absolute atomic E-state index is 12.3. The molecule has 0 heterocycles. The van der Waals surface area contributed by atoms with Crippen LogP contribution in [-0.2, 0) is 5.41 Å². The monoisotopic (exact) mass is 216 g/mol. The van der Waals surface area contributed by atoms with Gasteiger partial charge in [-0.15, -0.1) is 0 Å². The van der Waals surface area contributed by atoms with Crippen molar-refractivity contribution >= 4 is 0 Å². The van der Waals surface area contributed by atoms with Crippen molar-refractivity contribution in [2.45, 2.75) is 38.8 Å². The van der Waals surface area contributed by atoms with Crippen molar-refractivity contribution in [1.82, 2.24) is 0 Å². The van der Waals surface area contributed by atoms with E-state index in [1.165, 1.54) is 0 Å². The van der Waals surface area contributed by atoms with Crippen molar-refractivity contribution in [3.8, 4) is 0 Å². The molecule has 1 rings (SSSR count). The van der Waals surface area contributed by atoms with Crippen LogP contribution < -0.4 is 0 Å². The van der Waals surface area contributed by atoms with Crippen LogP contribution in [0.1, 0.15) is 31.4 Å². The normalized spacial score (nSPS) is 12.9. The van der Waals surface area contributed by atoms with Crippen LogP contribution in [0.25, 0.3) is 0 Å². The lowest BCUT2D eigenvalue weighted by Gasteiger charge is -2.26. The van der Waals surface area contributed by atoms with Crippen LogP contribution in [0.4, 0.5) is 13.2 Å². The number of hydrogen-bond acceptors (Lipinski definition) is 0. The van der Waals surface area contributed by atoms with Gasteiger partial charge in [-0.3, -0.25) is 0 Å². The van der Waals surface area contributed by atoms with Crippen LogP contribution >= 0.6 is 0 Å². The Morgan fingerprint density at radius 1 is 1.00 bits per heavy atom. The van der Waals surface area contributed by atoms with Crippen LogP contribution in [0.2, 0.25) is 0 Å². The molecule has 0 aromatic heterocycles. The first-order valence-corrected chi connectivity index (χ1v) is 4.85. The third-order valence-corrected chi connectivity index (χ3v) is 2.48. The Kier molecular flexibility index (Phi) is 3.12. The second-order valence-corrected chi connectivity index (χ2v) is 4.54. The number of aryl methyl sites for hydroxylation is 1. The average Bonchev–Trinajstić information content (AvgIpc) is 2.00. The molecule has 0 saturated heterocycles. The first-order chi connectivity index (χ1) is 6.71. The van der Waals surface area contributed by atoms with Gasteiger partial charge in [-0.25, -0.2) is 0 Å². The SMILES string of the molecule is Cc1ccc(C(C)(C)CC(F)(F)F)cc1. The maximum Gasteiger partial charge on any atom is 0.389 e. The summed E-state index contributed by atoms with van der Waals surface area (Å²) in [5.41, 5.74) is 0.929. The number of halogens is 3. The van der Waals surface area contributed by atoms with Gasteiger partial charge in [0.2, 0.25) is 0 Å². The zero-order chi connectivity index (χ0) is 11.7. The van der Waals surface area contributed by atoms with E-state index in [2.05, 4.69) is 0 Å². The van der Waals surface area contributed by atoms with E-state index < -0.39 is 18.0 Å². The molecule has 0 radical (unpaired) electrons. The van der Waals surface area contributed by atoms with E-state index in [0.717, 1.165) is 11.1 Å². The topological polar surface area (TPSA) is 0 Å². The quantitative estimate of drug-likeness (QED) is 0.694. The van der Waals surface area contributed by atoms with Gasteiger partial charge in [0, 0.05) is 0 Å². The summed E-state index contributed by atoms with van der Waals surface area (Å²) in [4.78, 5) is 0. The third-order valence-electron chi connectivity index (χ3n) is 2.48. The Morgan fingerprint density at radius 2 is 1.47 bits per heavy atom. The van der Waals surface area contributed by atoms with Crippen molar-refractivity contribution in [2.75, 3.05) is 0 Å². The molecule has 1 aromatic rings. The van der Waals surface area contributed by atoms with Gasteiger partial charge in [0.1, 0.15) is 0 Å². The second-order valence-electron chi connectivity index (χ2n) is 4.54. The van der Waals surface area contributed by atoms with Gasteiger partial charge in [-0.05, 0) is 17.9 Å². The van der Waals surface area contributed by atoms with E-state index in [1.54, 1.807) is 26.0 Å². The molecule has 0 unspecified atom stereocenters. The van der Waals surface area contributed by atoms with Gasteiger partial charge < -0.3 is 0 Å². The van der Waals surface area contributed by atoms with Gasteiger partial charge in [0.05, 0.1) is 6.42 Å². The van der Waals surface area contributed by atoms with E-state index in [-0.39, 0.29) is 0 Å². The predicted molar refractivity (Wildman–Crippen MR) is 54.9 cm³/mol. The summed E-state index contributed by atoms with van der Waals surface area (Å²) >= 11 is 0. The summed E-state index contributed by atoms with van der Waals surface area (Å²) in [5.74, 6) is 0. The molecule has 0 spiro atoms. The Hall–Kier alpha value is -0.990. The number of benzene rings is 1. The lowest BCUT2D eigenvalue weighted by atomic mass is 9.81. The predicted octanol–water partition coefficient (Wildman–Crippen LogP) is 4.23. The molecule has 0 bridgehead atoms. The van der Waals surface area contributed by atoms with E-state index in [0.29, 0.717) is 0 Å². The second kappa shape index (κ2) is 3.87. The highest BCUT2D eigenvalue weighted by Crippen LogP contribution is 2.35. The third kappa shape index (κ3) is 3.57. The fourth-order valence-corrected chi connectivity index (χ4v) is 1.61. The van der Waals surface area contributed by atoms with Crippen molar-refractivity contribution in [2.24, 2.45) is 0 Å². The molecule has 0 aliphatic rings. The number of hydrogen-bond donors (Lipinski definition) is 0. The minimum Gasteiger partial charge on any atom is -0.171 e. The van der Waals surface area contributed by atoms with E-state index in [4.69, 9.17) is 0 Å². The highest BCUT2D eigenvalue weighted by atomic mass is 19.4. The fourth-order valence-electron chi connectivity index (χ4n) is 1.61. The minimum absolute atomic E-state index is 0.727. The molecule has 15 heavy (non-hydrogen) atoms. The lowest BCUT2D eigenvalue weighted by Crippen LogP contribution is -2.26. The van der Waals surface area contributed by atoms with Crippen LogP contribution in [0.3, 0.4) is 0 Å². The highest BCUT2D eigenvalue weighted by molar-refractivity contribution is 5.27. The van der Waals surface area contributed by atoms with Crippen molar-refractivity contribution in [3.63, 3.8) is 0 Å². The van der Waals surface area contributed by atoms with Crippen LogP contribution in [0.15, 0.2) is 24.3 Å². The Balaban J connectivity index is 2.90. The van der Waals surface area contributed by atoms with Crippen molar-refractivity contribution < 1.29 is 13.2 Å². The highest BCUT2D eigenvalue weighted by Gasteiger charge is 2.37. The molecular weight excluding hydrogens is 201 g/mol. The minimum atomic E-state index is -4.12. The Bertz CT molecular complexity index is 320. The standard InChI is InChI=1S/C12H15F3/c1-9-4-6-10(7-5-9)11(2,3)8-12(13,14)15/h4-7H,8H2,1-3H3. The Morgan fingerprint density at radius 3 is 1.87 bits per heavy atom. The molecule has 0 aliphatic heterocycles. The average molecular weight is 216 g/mol. The molecule has 84 valence electrons. The first kappa shape index (κ1) is 12.1. The smallest absolute Gasteiger partial charge is 0.171 e. The molecule has 0 amide bonds. The van der Waals surface area contributed by atoms with Gasteiger partial charge in [-0.1, -0.05) is 43.7 Å². The van der Waals surface area contributed by atoms with Gasteiger partial charge in [0.15, 0.2) is 0 Å². The molecule has 0 fully saturated rings. The summed E-state index contributed by atoms with van der Waals surface area (Å²) in [5, 5.41) is 0. The number of alkyl halides is 3. The molecule has 0 saturated carbocycles. The molecule has 0 atom stereocenters. The maximum atomic E-state index is 12.3.